The molecule has 0 saturated carbocycles. The van der Waals surface area contributed by atoms with E-state index in [1.807, 2.05) is 42.9 Å². The molecule has 0 atom stereocenters. The SMILES string of the molecule is Cc1cc2nccc(C3CCN(c4ccnc(C)n4)CC3)n2n1. The summed E-state index contributed by atoms with van der Waals surface area (Å²) in [5, 5.41) is 4.60. The van der Waals surface area contributed by atoms with Crippen LogP contribution in [0.2, 0.25) is 0 Å². The highest BCUT2D eigenvalue weighted by atomic mass is 15.3. The maximum Gasteiger partial charge on any atom is 0.155 e. The molecule has 0 unspecified atom stereocenters. The Morgan fingerprint density at radius 3 is 2.61 bits per heavy atom. The van der Waals surface area contributed by atoms with E-state index in [0.29, 0.717) is 5.92 Å². The minimum Gasteiger partial charge on any atom is -0.356 e. The number of anilines is 1. The van der Waals surface area contributed by atoms with Crippen molar-refractivity contribution in [2.45, 2.75) is 32.6 Å². The summed E-state index contributed by atoms with van der Waals surface area (Å²) in [6, 6.07) is 6.13. The van der Waals surface area contributed by atoms with Gasteiger partial charge in [-0.25, -0.2) is 19.5 Å². The summed E-state index contributed by atoms with van der Waals surface area (Å²) in [7, 11) is 0. The Morgan fingerprint density at radius 2 is 1.83 bits per heavy atom. The van der Waals surface area contributed by atoms with Gasteiger partial charge in [0.15, 0.2) is 5.65 Å². The molecule has 23 heavy (non-hydrogen) atoms. The fourth-order valence-corrected chi connectivity index (χ4v) is 3.36. The Hall–Kier alpha value is -2.50. The molecule has 4 heterocycles. The summed E-state index contributed by atoms with van der Waals surface area (Å²) in [4.78, 5) is 15.5. The fourth-order valence-electron chi connectivity index (χ4n) is 3.36. The second kappa shape index (κ2) is 5.61. The van der Waals surface area contributed by atoms with Gasteiger partial charge in [0, 0.05) is 43.2 Å². The highest BCUT2D eigenvalue weighted by Gasteiger charge is 2.23. The number of aromatic nitrogens is 5. The smallest absolute Gasteiger partial charge is 0.155 e. The first-order valence-corrected chi connectivity index (χ1v) is 8.06. The topological polar surface area (TPSA) is 59.2 Å². The van der Waals surface area contributed by atoms with Crippen molar-refractivity contribution in [3.05, 3.63) is 47.8 Å². The maximum atomic E-state index is 4.60. The molecule has 0 radical (unpaired) electrons. The molecule has 0 bridgehead atoms. The minimum absolute atomic E-state index is 0.513. The highest BCUT2D eigenvalue weighted by molar-refractivity contribution is 5.41. The van der Waals surface area contributed by atoms with Crippen LogP contribution in [0.15, 0.2) is 30.6 Å². The molecular weight excluding hydrogens is 288 g/mol. The van der Waals surface area contributed by atoms with Gasteiger partial charge < -0.3 is 4.90 Å². The molecule has 0 aliphatic carbocycles. The van der Waals surface area contributed by atoms with Crippen molar-refractivity contribution in [3.8, 4) is 0 Å². The first-order chi connectivity index (χ1) is 11.2. The quantitative estimate of drug-likeness (QED) is 0.728. The third kappa shape index (κ3) is 2.65. The zero-order chi connectivity index (χ0) is 15.8. The van der Waals surface area contributed by atoms with Gasteiger partial charge in [0.05, 0.1) is 5.69 Å². The lowest BCUT2D eigenvalue weighted by atomic mass is 9.93. The zero-order valence-electron chi connectivity index (χ0n) is 13.5. The number of nitrogens with zero attached hydrogens (tertiary/aromatic N) is 6. The summed E-state index contributed by atoms with van der Waals surface area (Å²) < 4.78 is 2.00. The van der Waals surface area contributed by atoms with Crippen LogP contribution in [-0.2, 0) is 0 Å². The Balaban J connectivity index is 1.55. The normalized spacial score (nSPS) is 16.2. The van der Waals surface area contributed by atoms with Crippen LogP contribution in [-0.4, -0.2) is 37.7 Å². The first-order valence-electron chi connectivity index (χ1n) is 8.06. The molecule has 4 rings (SSSR count). The van der Waals surface area contributed by atoms with Crippen molar-refractivity contribution in [2.75, 3.05) is 18.0 Å². The van der Waals surface area contributed by atoms with E-state index in [2.05, 4.69) is 31.0 Å². The lowest BCUT2D eigenvalue weighted by molar-refractivity contribution is 0.484. The van der Waals surface area contributed by atoms with Crippen LogP contribution < -0.4 is 4.90 Å². The number of rotatable bonds is 2. The van der Waals surface area contributed by atoms with Crippen LogP contribution in [0.5, 0.6) is 0 Å². The molecule has 0 aromatic carbocycles. The number of hydrogen-bond acceptors (Lipinski definition) is 5. The van der Waals surface area contributed by atoms with Crippen molar-refractivity contribution in [1.29, 1.82) is 0 Å². The van der Waals surface area contributed by atoms with Gasteiger partial charge in [0.2, 0.25) is 0 Å². The average Bonchev–Trinajstić information content (AvgIpc) is 2.95. The van der Waals surface area contributed by atoms with E-state index < -0.39 is 0 Å². The van der Waals surface area contributed by atoms with Crippen molar-refractivity contribution < 1.29 is 0 Å². The Bertz CT molecular complexity index is 832. The largest absolute Gasteiger partial charge is 0.356 e. The molecule has 3 aromatic rings. The summed E-state index contributed by atoms with van der Waals surface area (Å²) in [5.74, 6) is 2.37. The Morgan fingerprint density at radius 1 is 1.04 bits per heavy atom. The van der Waals surface area contributed by atoms with E-state index in [0.717, 1.165) is 48.9 Å². The molecule has 0 spiro atoms. The average molecular weight is 308 g/mol. The predicted molar refractivity (Wildman–Crippen MR) is 88.7 cm³/mol. The van der Waals surface area contributed by atoms with E-state index in [9.17, 15) is 0 Å². The maximum absolute atomic E-state index is 4.60. The third-order valence-electron chi connectivity index (χ3n) is 4.51. The second-order valence-electron chi connectivity index (χ2n) is 6.15. The van der Waals surface area contributed by atoms with E-state index >= 15 is 0 Å². The highest BCUT2D eigenvalue weighted by Crippen LogP contribution is 2.29. The Kier molecular flexibility index (Phi) is 3.44. The zero-order valence-corrected chi connectivity index (χ0v) is 13.5. The summed E-state index contributed by atoms with van der Waals surface area (Å²) in [5.41, 5.74) is 3.22. The van der Waals surface area contributed by atoms with Crippen molar-refractivity contribution in [3.63, 3.8) is 0 Å². The third-order valence-corrected chi connectivity index (χ3v) is 4.51. The van der Waals surface area contributed by atoms with Crippen LogP contribution in [0.4, 0.5) is 5.82 Å². The van der Waals surface area contributed by atoms with Crippen molar-refractivity contribution in [2.24, 2.45) is 0 Å². The molecule has 6 nitrogen and oxygen atoms in total. The van der Waals surface area contributed by atoms with Crippen molar-refractivity contribution in [1.82, 2.24) is 24.6 Å². The molecule has 0 amide bonds. The van der Waals surface area contributed by atoms with Gasteiger partial charge in [-0.1, -0.05) is 0 Å². The van der Waals surface area contributed by atoms with Gasteiger partial charge >= 0.3 is 0 Å². The van der Waals surface area contributed by atoms with Crippen LogP contribution in [0.1, 0.15) is 36.0 Å². The molecule has 0 N–H and O–H groups in total. The lowest BCUT2D eigenvalue weighted by Gasteiger charge is -2.33. The standard InChI is InChI=1S/C17H20N6/c1-12-11-17-19-7-3-15(23(17)21-12)14-5-9-22(10-6-14)16-4-8-18-13(2)20-16/h3-4,7-8,11,14H,5-6,9-10H2,1-2H3. The molecule has 1 aliphatic rings. The fraction of sp³-hybridized carbons (Fsp3) is 0.412. The number of hydrogen-bond donors (Lipinski definition) is 0. The summed E-state index contributed by atoms with van der Waals surface area (Å²) in [6.45, 7) is 5.96. The van der Waals surface area contributed by atoms with Crippen LogP contribution in [0.25, 0.3) is 5.65 Å². The van der Waals surface area contributed by atoms with Gasteiger partial charge in [-0.05, 0) is 38.8 Å². The van der Waals surface area contributed by atoms with Gasteiger partial charge in [0.25, 0.3) is 0 Å². The molecule has 6 heteroatoms. The molecule has 1 aliphatic heterocycles. The lowest BCUT2D eigenvalue weighted by Crippen LogP contribution is -2.34. The van der Waals surface area contributed by atoms with Gasteiger partial charge in [-0.15, -0.1) is 0 Å². The number of fused-ring (bicyclic) bond motifs is 1. The van der Waals surface area contributed by atoms with E-state index in [1.165, 1.54) is 5.69 Å². The summed E-state index contributed by atoms with van der Waals surface area (Å²) >= 11 is 0. The minimum atomic E-state index is 0.513. The van der Waals surface area contributed by atoms with Crippen LogP contribution in [0, 0.1) is 13.8 Å². The second-order valence-corrected chi connectivity index (χ2v) is 6.15. The monoisotopic (exact) mass is 308 g/mol. The van der Waals surface area contributed by atoms with Crippen LogP contribution in [0.3, 0.4) is 0 Å². The van der Waals surface area contributed by atoms with Crippen molar-refractivity contribution >= 4 is 11.5 Å². The Labute approximate surface area is 135 Å². The molecule has 3 aromatic heterocycles. The number of piperidine rings is 1. The van der Waals surface area contributed by atoms with Gasteiger partial charge in [0.1, 0.15) is 11.6 Å². The van der Waals surface area contributed by atoms with Gasteiger partial charge in [-0.3, -0.25) is 0 Å². The van der Waals surface area contributed by atoms with Crippen LogP contribution >= 0.6 is 0 Å². The van der Waals surface area contributed by atoms with E-state index in [1.54, 1.807) is 0 Å². The number of aryl methyl sites for hydroxylation is 2. The molecular formula is C17H20N6. The first kappa shape index (κ1) is 14.1. The molecule has 1 saturated heterocycles. The van der Waals surface area contributed by atoms with Gasteiger partial charge in [-0.2, -0.15) is 5.10 Å². The molecule has 1 fully saturated rings. The molecule has 118 valence electrons. The summed E-state index contributed by atoms with van der Waals surface area (Å²) in [6.07, 6.45) is 5.93. The predicted octanol–water partition coefficient (Wildman–Crippen LogP) is 2.52. The van der Waals surface area contributed by atoms with E-state index in [-0.39, 0.29) is 0 Å². The van der Waals surface area contributed by atoms with E-state index in [4.69, 9.17) is 0 Å².